The van der Waals surface area contributed by atoms with Crippen molar-refractivity contribution in [2.24, 2.45) is 0 Å². The fourth-order valence-corrected chi connectivity index (χ4v) is 1.76. The van der Waals surface area contributed by atoms with E-state index in [9.17, 15) is 9.59 Å². The Morgan fingerprint density at radius 1 is 1.30 bits per heavy atom. The first-order valence-corrected chi connectivity index (χ1v) is 6.80. The SMILES string of the molecule is CC(O)CCNC(=O)C(C)NC(=O)c1ccccc1Cl. The number of amides is 2. The molecule has 2 atom stereocenters. The predicted molar refractivity (Wildman–Crippen MR) is 77.7 cm³/mol. The molecule has 2 unspecified atom stereocenters. The molecule has 3 N–H and O–H groups in total. The van der Waals surface area contributed by atoms with Gasteiger partial charge in [0, 0.05) is 6.54 Å². The van der Waals surface area contributed by atoms with E-state index in [4.69, 9.17) is 16.7 Å². The molecule has 20 heavy (non-hydrogen) atoms. The lowest BCUT2D eigenvalue weighted by Crippen LogP contribution is -2.45. The molecule has 110 valence electrons. The normalized spacial score (nSPS) is 13.4. The Balaban J connectivity index is 2.49. The van der Waals surface area contributed by atoms with Gasteiger partial charge in [0.15, 0.2) is 0 Å². The van der Waals surface area contributed by atoms with Crippen LogP contribution in [0.3, 0.4) is 0 Å². The molecule has 1 aromatic carbocycles. The number of hydrogen-bond acceptors (Lipinski definition) is 3. The van der Waals surface area contributed by atoms with Crippen molar-refractivity contribution in [1.29, 1.82) is 0 Å². The minimum absolute atomic E-state index is 0.300. The second-order valence-corrected chi connectivity index (χ2v) is 5.01. The van der Waals surface area contributed by atoms with E-state index in [0.29, 0.717) is 23.6 Å². The van der Waals surface area contributed by atoms with Crippen LogP contribution in [0.5, 0.6) is 0 Å². The fraction of sp³-hybridized carbons (Fsp3) is 0.429. The van der Waals surface area contributed by atoms with Gasteiger partial charge in [-0.15, -0.1) is 0 Å². The van der Waals surface area contributed by atoms with Gasteiger partial charge in [0.25, 0.3) is 5.91 Å². The highest BCUT2D eigenvalue weighted by atomic mass is 35.5. The van der Waals surface area contributed by atoms with E-state index in [2.05, 4.69) is 10.6 Å². The molecule has 6 heteroatoms. The maximum absolute atomic E-state index is 11.9. The average molecular weight is 299 g/mol. The van der Waals surface area contributed by atoms with Crippen LogP contribution < -0.4 is 10.6 Å². The minimum Gasteiger partial charge on any atom is -0.393 e. The lowest BCUT2D eigenvalue weighted by molar-refractivity contribution is -0.122. The number of aliphatic hydroxyl groups excluding tert-OH is 1. The minimum atomic E-state index is -0.673. The Labute approximate surface area is 123 Å². The predicted octanol–water partition coefficient (Wildman–Crippen LogP) is 1.35. The summed E-state index contributed by atoms with van der Waals surface area (Å²) < 4.78 is 0. The third-order valence-electron chi connectivity index (χ3n) is 2.72. The number of carbonyl (C=O) groups is 2. The molecule has 0 aliphatic carbocycles. The van der Waals surface area contributed by atoms with Gasteiger partial charge in [-0.3, -0.25) is 9.59 Å². The third-order valence-corrected chi connectivity index (χ3v) is 3.05. The van der Waals surface area contributed by atoms with Crippen molar-refractivity contribution < 1.29 is 14.7 Å². The van der Waals surface area contributed by atoms with Gasteiger partial charge in [-0.25, -0.2) is 0 Å². The van der Waals surface area contributed by atoms with E-state index < -0.39 is 18.1 Å². The number of rotatable bonds is 6. The summed E-state index contributed by atoms with van der Waals surface area (Å²) in [6, 6.07) is 5.96. The third kappa shape index (κ3) is 5.19. The summed E-state index contributed by atoms with van der Waals surface area (Å²) >= 11 is 5.91. The van der Waals surface area contributed by atoms with Gasteiger partial charge in [-0.2, -0.15) is 0 Å². The van der Waals surface area contributed by atoms with Gasteiger partial charge < -0.3 is 15.7 Å². The van der Waals surface area contributed by atoms with Gasteiger partial charge in [0.05, 0.1) is 16.7 Å². The van der Waals surface area contributed by atoms with E-state index in [1.165, 1.54) is 0 Å². The van der Waals surface area contributed by atoms with Crippen molar-refractivity contribution in [3.63, 3.8) is 0 Å². The van der Waals surface area contributed by atoms with Gasteiger partial charge in [-0.05, 0) is 32.4 Å². The Morgan fingerprint density at radius 2 is 1.95 bits per heavy atom. The van der Waals surface area contributed by atoms with Gasteiger partial charge >= 0.3 is 0 Å². The summed E-state index contributed by atoms with van der Waals surface area (Å²) in [5, 5.41) is 14.6. The quantitative estimate of drug-likeness (QED) is 0.742. The zero-order valence-corrected chi connectivity index (χ0v) is 12.3. The Kier molecular flexibility index (Phi) is 6.48. The molecule has 0 bridgehead atoms. The number of benzene rings is 1. The van der Waals surface area contributed by atoms with E-state index in [0.717, 1.165) is 0 Å². The zero-order chi connectivity index (χ0) is 15.1. The van der Waals surface area contributed by atoms with Gasteiger partial charge in [0.1, 0.15) is 6.04 Å². The summed E-state index contributed by atoms with van der Waals surface area (Å²) in [6.07, 6.45) is 0.0000208. The molecule has 0 saturated carbocycles. The van der Waals surface area contributed by atoms with Crippen molar-refractivity contribution in [1.82, 2.24) is 10.6 Å². The second kappa shape index (κ2) is 7.87. The zero-order valence-electron chi connectivity index (χ0n) is 11.5. The number of nitrogens with one attached hydrogen (secondary N) is 2. The molecule has 0 aromatic heterocycles. The topological polar surface area (TPSA) is 78.4 Å². The first-order chi connectivity index (χ1) is 9.41. The Bertz CT molecular complexity index is 477. The van der Waals surface area contributed by atoms with Crippen molar-refractivity contribution in [3.05, 3.63) is 34.9 Å². The van der Waals surface area contributed by atoms with Crippen molar-refractivity contribution in [3.8, 4) is 0 Å². The van der Waals surface area contributed by atoms with Crippen LogP contribution in [0.25, 0.3) is 0 Å². The highest BCUT2D eigenvalue weighted by Crippen LogP contribution is 2.14. The molecule has 0 radical (unpaired) electrons. The van der Waals surface area contributed by atoms with Crippen LogP contribution in [0.15, 0.2) is 24.3 Å². The molecular weight excluding hydrogens is 280 g/mol. The Hall–Kier alpha value is -1.59. The number of hydrogen-bond donors (Lipinski definition) is 3. The number of aliphatic hydroxyl groups is 1. The molecule has 0 fully saturated rings. The largest absolute Gasteiger partial charge is 0.393 e. The number of halogens is 1. The first kappa shape index (κ1) is 16.5. The van der Waals surface area contributed by atoms with Crippen molar-refractivity contribution in [2.75, 3.05) is 6.54 Å². The molecular formula is C14H19ClN2O3. The summed E-state index contributed by atoms with van der Waals surface area (Å²) in [7, 11) is 0. The molecule has 2 amide bonds. The first-order valence-electron chi connectivity index (χ1n) is 6.43. The van der Waals surface area contributed by atoms with E-state index in [-0.39, 0.29) is 5.91 Å². The molecule has 0 aliphatic heterocycles. The molecule has 5 nitrogen and oxygen atoms in total. The molecule has 1 rings (SSSR count). The van der Waals surface area contributed by atoms with Crippen LogP contribution in [0, 0.1) is 0 Å². The maximum atomic E-state index is 11.9. The maximum Gasteiger partial charge on any atom is 0.253 e. The van der Waals surface area contributed by atoms with Crippen LogP contribution in [0.1, 0.15) is 30.6 Å². The highest BCUT2D eigenvalue weighted by Gasteiger charge is 2.17. The molecule has 1 aromatic rings. The summed E-state index contributed by atoms with van der Waals surface area (Å²) in [5.74, 6) is -0.695. The molecule has 0 aliphatic rings. The van der Waals surface area contributed by atoms with Crippen LogP contribution in [-0.2, 0) is 4.79 Å². The highest BCUT2D eigenvalue weighted by molar-refractivity contribution is 6.33. The lowest BCUT2D eigenvalue weighted by atomic mass is 10.2. The summed E-state index contributed by atoms with van der Waals surface area (Å²) in [5.41, 5.74) is 0.331. The monoisotopic (exact) mass is 298 g/mol. The van der Waals surface area contributed by atoms with Crippen molar-refractivity contribution in [2.45, 2.75) is 32.4 Å². The Morgan fingerprint density at radius 3 is 2.55 bits per heavy atom. The van der Waals surface area contributed by atoms with Gasteiger partial charge in [0.2, 0.25) is 5.91 Å². The van der Waals surface area contributed by atoms with Crippen LogP contribution in [0.2, 0.25) is 5.02 Å². The van der Waals surface area contributed by atoms with Crippen molar-refractivity contribution >= 4 is 23.4 Å². The van der Waals surface area contributed by atoms with E-state index >= 15 is 0 Å². The van der Waals surface area contributed by atoms with Crippen LogP contribution >= 0.6 is 11.6 Å². The summed E-state index contributed by atoms with van der Waals surface area (Å²) in [4.78, 5) is 23.7. The van der Waals surface area contributed by atoms with Crippen LogP contribution in [0.4, 0.5) is 0 Å². The molecule has 0 heterocycles. The summed E-state index contributed by atoms with van der Waals surface area (Å²) in [6.45, 7) is 3.60. The van der Waals surface area contributed by atoms with Gasteiger partial charge in [-0.1, -0.05) is 23.7 Å². The lowest BCUT2D eigenvalue weighted by Gasteiger charge is -2.15. The second-order valence-electron chi connectivity index (χ2n) is 4.60. The standard InChI is InChI=1S/C14H19ClN2O3/c1-9(18)7-8-16-13(19)10(2)17-14(20)11-5-3-4-6-12(11)15/h3-6,9-10,18H,7-8H2,1-2H3,(H,16,19)(H,17,20). The van der Waals surface area contributed by atoms with E-state index in [1.807, 2.05) is 0 Å². The molecule has 0 saturated heterocycles. The average Bonchev–Trinajstić information content (AvgIpc) is 2.38. The fourth-order valence-electron chi connectivity index (χ4n) is 1.54. The smallest absolute Gasteiger partial charge is 0.253 e. The van der Waals surface area contributed by atoms with E-state index in [1.54, 1.807) is 38.1 Å². The van der Waals surface area contributed by atoms with Crippen LogP contribution in [-0.4, -0.2) is 35.6 Å². The number of carbonyl (C=O) groups excluding carboxylic acids is 2. The molecule has 0 spiro atoms.